The van der Waals surface area contributed by atoms with Gasteiger partial charge in [0, 0.05) is 12.3 Å². The smallest absolute Gasteiger partial charge is 0.252 e. The van der Waals surface area contributed by atoms with Crippen LogP contribution >= 0.6 is 11.6 Å². The maximum atomic E-state index is 11.0. The van der Waals surface area contributed by atoms with Crippen molar-refractivity contribution < 1.29 is 0 Å². The standard InChI is InChI=1S/C7H5ClN2O/c8-5-10-2-1-6(4-9)3-7(10)11/h1-3H,5H2. The van der Waals surface area contributed by atoms with Gasteiger partial charge in [-0.25, -0.2) is 0 Å². The number of pyridine rings is 1. The lowest BCUT2D eigenvalue weighted by atomic mass is 10.3. The summed E-state index contributed by atoms with van der Waals surface area (Å²) in [4.78, 5) is 11.0. The van der Waals surface area contributed by atoms with E-state index in [0.29, 0.717) is 5.56 Å². The zero-order valence-corrected chi connectivity index (χ0v) is 6.38. The predicted molar refractivity (Wildman–Crippen MR) is 41.3 cm³/mol. The van der Waals surface area contributed by atoms with Gasteiger partial charge in [0.25, 0.3) is 5.56 Å². The Labute approximate surface area is 68.4 Å². The quantitative estimate of drug-likeness (QED) is 0.586. The molecule has 1 heterocycles. The van der Waals surface area contributed by atoms with Gasteiger partial charge in [0.1, 0.15) is 6.00 Å². The van der Waals surface area contributed by atoms with Crippen molar-refractivity contribution >= 4 is 11.6 Å². The van der Waals surface area contributed by atoms with Crippen molar-refractivity contribution in [3.8, 4) is 6.07 Å². The maximum absolute atomic E-state index is 11.0. The van der Waals surface area contributed by atoms with Gasteiger partial charge < -0.3 is 4.57 Å². The van der Waals surface area contributed by atoms with E-state index in [1.165, 1.54) is 16.8 Å². The lowest BCUT2D eigenvalue weighted by molar-refractivity contribution is 0.830. The van der Waals surface area contributed by atoms with Crippen molar-refractivity contribution in [2.75, 3.05) is 0 Å². The fraction of sp³-hybridized carbons (Fsp3) is 0.143. The monoisotopic (exact) mass is 168 g/mol. The second-order valence-corrected chi connectivity index (χ2v) is 2.19. The lowest BCUT2D eigenvalue weighted by Gasteiger charge is -1.96. The van der Waals surface area contributed by atoms with Gasteiger partial charge in [0.2, 0.25) is 0 Å². The zero-order chi connectivity index (χ0) is 8.27. The van der Waals surface area contributed by atoms with Crippen molar-refractivity contribution in [2.24, 2.45) is 0 Å². The Morgan fingerprint density at radius 2 is 2.45 bits per heavy atom. The highest BCUT2D eigenvalue weighted by atomic mass is 35.5. The first-order valence-electron chi connectivity index (χ1n) is 2.94. The third-order valence-electron chi connectivity index (χ3n) is 1.25. The third-order valence-corrected chi connectivity index (χ3v) is 1.51. The summed E-state index contributed by atoms with van der Waals surface area (Å²) in [6.45, 7) is 0. The minimum absolute atomic E-state index is 0.116. The highest BCUT2D eigenvalue weighted by Gasteiger charge is 1.94. The Morgan fingerprint density at radius 3 is 2.91 bits per heavy atom. The molecule has 0 N–H and O–H groups in total. The van der Waals surface area contributed by atoms with Crippen LogP contribution in [0.2, 0.25) is 0 Å². The molecule has 4 heteroatoms. The molecule has 0 amide bonds. The number of alkyl halides is 1. The first-order chi connectivity index (χ1) is 5.27. The van der Waals surface area contributed by atoms with Gasteiger partial charge in [-0.2, -0.15) is 5.26 Å². The fourth-order valence-corrected chi connectivity index (χ4v) is 0.874. The number of rotatable bonds is 1. The second kappa shape index (κ2) is 3.22. The lowest BCUT2D eigenvalue weighted by Crippen LogP contribution is -2.16. The number of nitrogens with zero attached hydrogens (tertiary/aromatic N) is 2. The highest BCUT2D eigenvalue weighted by molar-refractivity contribution is 6.15. The van der Waals surface area contributed by atoms with Crippen LogP contribution in [-0.2, 0) is 6.00 Å². The molecule has 0 spiro atoms. The molecule has 0 unspecified atom stereocenters. The maximum Gasteiger partial charge on any atom is 0.252 e. The molecule has 0 bridgehead atoms. The molecule has 0 aliphatic heterocycles. The Balaban J connectivity index is 3.23. The molecule has 11 heavy (non-hydrogen) atoms. The number of hydrogen-bond donors (Lipinski definition) is 0. The largest absolute Gasteiger partial charge is 0.301 e. The molecule has 0 saturated heterocycles. The number of halogens is 1. The molecule has 0 fully saturated rings. The molecule has 1 aromatic heterocycles. The molecule has 1 aromatic rings. The van der Waals surface area contributed by atoms with E-state index >= 15 is 0 Å². The summed E-state index contributed by atoms with van der Waals surface area (Å²) < 4.78 is 1.31. The molecule has 0 saturated carbocycles. The first kappa shape index (κ1) is 7.83. The third kappa shape index (κ3) is 1.60. The minimum Gasteiger partial charge on any atom is -0.301 e. The Morgan fingerprint density at radius 1 is 1.73 bits per heavy atom. The van der Waals surface area contributed by atoms with E-state index in [1.807, 2.05) is 6.07 Å². The minimum atomic E-state index is -0.251. The SMILES string of the molecule is N#Cc1ccn(CCl)c(=O)c1. The first-order valence-corrected chi connectivity index (χ1v) is 3.48. The molecule has 0 atom stereocenters. The van der Waals surface area contributed by atoms with Gasteiger partial charge >= 0.3 is 0 Å². The zero-order valence-electron chi connectivity index (χ0n) is 5.62. The number of nitriles is 1. The summed E-state index contributed by atoms with van der Waals surface area (Å²) in [5, 5.41) is 8.39. The molecular weight excluding hydrogens is 164 g/mol. The topological polar surface area (TPSA) is 45.8 Å². The number of hydrogen-bond acceptors (Lipinski definition) is 2. The van der Waals surface area contributed by atoms with Crippen LogP contribution in [0.1, 0.15) is 5.56 Å². The summed E-state index contributed by atoms with van der Waals surface area (Å²) in [6.07, 6.45) is 1.49. The van der Waals surface area contributed by atoms with Crippen LogP contribution in [0.15, 0.2) is 23.1 Å². The summed E-state index contributed by atoms with van der Waals surface area (Å²) >= 11 is 5.41. The van der Waals surface area contributed by atoms with E-state index in [1.54, 1.807) is 6.07 Å². The Kier molecular flexibility index (Phi) is 2.29. The molecule has 3 nitrogen and oxygen atoms in total. The van der Waals surface area contributed by atoms with Gasteiger partial charge in [-0.3, -0.25) is 4.79 Å². The van der Waals surface area contributed by atoms with Gasteiger partial charge in [0.15, 0.2) is 0 Å². The van der Waals surface area contributed by atoms with Gasteiger partial charge in [-0.1, -0.05) is 0 Å². The van der Waals surface area contributed by atoms with Crippen molar-refractivity contribution in [3.63, 3.8) is 0 Å². The Bertz CT molecular complexity index is 350. The van der Waals surface area contributed by atoms with E-state index in [9.17, 15) is 4.79 Å². The second-order valence-electron chi connectivity index (χ2n) is 1.95. The molecule has 56 valence electrons. The molecule has 0 radical (unpaired) electrons. The van der Waals surface area contributed by atoms with Crippen LogP contribution in [0.5, 0.6) is 0 Å². The molecule has 1 rings (SSSR count). The van der Waals surface area contributed by atoms with Crippen molar-refractivity contribution in [2.45, 2.75) is 6.00 Å². The summed E-state index contributed by atoms with van der Waals surface area (Å²) in [7, 11) is 0. The average Bonchev–Trinajstić information content (AvgIpc) is 2.04. The molecule has 0 aromatic carbocycles. The molecule has 0 aliphatic rings. The van der Waals surface area contributed by atoms with Crippen LogP contribution in [0.3, 0.4) is 0 Å². The van der Waals surface area contributed by atoms with E-state index in [0.717, 1.165) is 0 Å². The fourth-order valence-electron chi connectivity index (χ4n) is 0.676. The normalized spacial score (nSPS) is 9.09. The van der Waals surface area contributed by atoms with Crippen LogP contribution in [-0.4, -0.2) is 4.57 Å². The van der Waals surface area contributed by atoms with Crippen LogP contribution in [0, 0.1) is 11.3 Å². The molecular formula is C7H5ClN2O. The molecule has 0 aliphatic carbocycles. The van der Waals surface area contributed by atoms with Crippen LogP contribution < -0.4 is 5.56 Å². The summed E-state index contributed by atoms with van der Waals surface area (Å²) in [5.74, 6) is 0. The van der Waals surface area contributed by atoms with Crippen molar-refractivity contribution in [3.05, 3.63) is 34.2 Å². The Hall–Kier alpha value is -1.27. The van der Waals surface area contributed by atoms with Gasteiger partial charge in [-0.05, 0) is 6.07 Å². The average molecular weight is 169 g/mol. The van der Waals surface area contributed by atoms with E-state index in [4.69, 9.17) is 16.9 Å². The number of aromatic nitrogens is 1. The van der Waals surface area contributed by atoms with E-state index in [-0.39, 0.29) is 11.6 Å². The summed E-state index contributed by atoms with van der Waals surface area (Å²) in [6, 6.07) is 4.78. The van der Waals surface area contributed by atoms with Crippen molar-refractivity contribution in [1.29, 1.82) is 5.26 Å². The van der Waals surface area contributed by atoms with Crippen LogP contribution in [0.4, 0.5) is 0 Å². The van der Waals surface area contributed by atoms with E-state index in [2.05, 4.69) is 0 Å². The van der Waals surface area contributed by atoms with Gasteiger partial charge in [-0.15, -0.1) is 11.6 Å². The van der Waals surface area contributed by atoms with Crippen LogP contribution in [0.25, 0.3) is 0 Å². The van der Waals surface area contributed by atoms with Crippen molar-refractivity contribution in [1.82, 2.24) is 4.57 Å². The van der Waals surface area contributed by atoms with Gasteiger partial charge in [0.05, 0.1) is 11.6 Å². The summed E-state index contributed by atoms with van der Waals surface area (Å²) in [5.41, 5.74) is 0.107. The predicted octanol–water partition coefficient (Wildman–Crippen LogP) is 0.916. The highest BCUT2D eigenvalue weighted by Crippen LogP contribution is 1.92. The van der Waals surface area contributed by atoms with E-state index < -0.39 is 0 Å².